The van der Waals surface area contributed by atoms with E-state index in [0.717, 1.165) is 17.7 Å². The third-order valence-corrected chi connectivity index (χ3v) is 6.23. The average molecular weight is 358 g/mol. The third-order valence-electron chi connectivity index (χ3n) is 5.00. The van der Waals surface area contributed by atoms with Crippen molar-refractivity contribution in [1.82, 2.24) is 14.9 Å². The van der Waals surface area contributed by atoms with Gasteiger partial charge in [-0.1, -0.05) is 0 Å². The van der Waals surface area contributed by atoms with Gasteiger partial charge in [-0.15, -0.1) is 11.3 Å². The van der Waals surface area contributed by atoms with E-state index in [4.69, 9.17) is 0 Å². The van der Waals surface area contributed by atoms with Gasteiger partial charge in [0.1, 0.15) is 5.60 Å². The summed E-state index contributed by atoms with van der Waals surface area (Å²) in [6, 6.07) is 3.81. The molecule has 1 amide bonds. The second-order valence-electron chi connectivity index (χ2n) is 7.02. The number of carbonyl (C=O) groups excluding carboxylic acids is 1. The van der Waals surface area contributed by atoms with Crippen LogP contribution in [0.15, 0.2) is 24.5 Å². The Morgan fingerprint density at radius 3 is 2.96 bits per heavy atom. The summed E-state index contributed by atoms with van der Waals surface area (Å²) in [5, 5.41) is 10.9. The molecule has 25 heavy (non-hydrogen) atoms. The number of thiophene rings is 1. The topological polar surface area (TPSA) is 69.6 Å². The molecule has 132 valence electrons. The highest BCUT2D eigenvalue weighted by atomic mass is 32.1. The van der Waals surface area contributed by atoms with Gasteiger partial charge in [-0.3, -0.25) is 4.79 Å². The van der Waals surface area contributed by atoms with Crippen LogP contribution in [0, 0.1) is 0 Å². The fourth-order valence-electron chi connectivity index (χ4n) is 3.75. The van der Waals surface area contributed by atoms with Gasteiger partial charge in [0.25, 0.3) is 5.91 Å². The van der Waals surface area contributed by atoms with Gasteiger partial charge < -0.3 is 14.9 Å². The number of aromatic nitrogens is 2. The maximum absolute atomic E-state index is 12.7. The molecule has 2 aromatic rings. The summed E-state index contributed by atoms with van der Waals surface area (Å²) in [6.45, 7) is 1.45. The first-order valence-electron chi connectivity index (χ1n) is 8.65. The maximum atomic E-state index is 12.7. The molecule has 1 fully saturated rings. The van der Waals surface area contributed by atoms with E-state index in [-0.39, 0.29) is 5.91 Å². The third kappa shape index (κ3) is 3.26. The van der Waals surface area contributed by atoms with Crippen molar-refractivity contribution in [1.29, 1.82) is 0 Å². The van der Waals surface area contributed by atoms with Crippen LogP contribution >= 0.6 is 11.3 Å². The molecule has 0 bridgehead atoms. The van der Waals surface area contributed by atoms with Gasteiger partial charge in [-0.2, -0.15) is 0 Å². The molecule has 0 radical (unpaired) electrons. The lowest BCUT2D eigenvalue weighted by atomic mass is 10.0. The molecule has 1 aliphatic heterocycles. The van der Waals surface area contributed by atoms with Crippen molar-refractivity contribution >= 4 is 23.2 Å². The molecular formula is C18H22N4O2S. The number of aliphatic hydroxyl groups is 1. The van der Waals surface area contributed by atoms with E-state index in [0.29, 0.717) is 32.0 Å². The fraction of sp³-hybridized carbons (Fsp3) is 0.500. The number of hydrogen-bond acceptors (Lipinski definition) is 6. The predicted octanol–water partition coefficient (Wildman–Crippen LogP) is 1.74. The molecule has 1 unspecified atom stereocenters. The van der Waals surface area contributed by atoms with Crippen LogP contribution in [0.25, 0.3) is 0 Å². The predicted molar refractivity (Wildman–Crippen MR) is 97.1 cm³/mol. The van der Waals surface area contributed by atoms with E-state index in [9.17, 15) is 9.90 Å². The molecule has 1 saturated heterocycles. The average Bonchev–Trinajstić information content (AvgIpc) is 3.29. The van der Waals surface area contributed by atoms with Crippen LogP contribution < -0.4 is 4.90 Å². The molecular weight excluding hydrogens is 336 g/mol. The highest BCUT2D eigenvalue weighted by Gasteiger charge is 2.39. The summed E-state index contributed by atoms with van der Waals surface area (Å²) in [5.41, 5.74) is 0.401. The standard InChI is InChI=1S/C18H22N4O2S/c1-21(16(23)15-10-13-4-2-5-14(13)25-15)11-18(24)6-9-22(12-18)17-19-7-3-8-20-17/h3,7-8,10,24H,2,4-6,9,11-12H2,1H3. The van der Waals surface area contributed by atoms with Crippen LogP contribution in [0.5, 0.6) is 0 Å². The SMILES string of the molecule is CN(CC1(O)CCN(c2ncccn2)C1)C(=O)c1cc2c(s1)CCC2. The number of β-amino-alcohol motifs (C(OH)–C–C–N with tert-alkyl or cyclic N) is 1. The summed E-state index contributed by atoms with van der Waals surface area (Å²) in [5.74, 6) is 0.629. The van der Waals surface area contributed by atoms with Crippen molar-refractivity contribution in [3.05, 3.63) is 39.8 Å². The quantitative estimate of drug-likeness (QED) is 0.902. The van der Waals surface area contributed by atoms with Gasteiger partial charge in [0.2, 0.25) is 5.95 Å². The largest absolute Gasteiger partial charge is 0.386 e. The minimum atomic E-state index is -0.927. The number of anilines is 1. The Kier molecular flexibility index (Phi) is 4.21. The second kappa shape index (κ2) is 6.38. The molecule has 1 atom stereocenters. The first kappa shape index (κ1) is 16.5. The molecule has 2 aliphatic rings. The first-order valence-corrected chi connectivity index (χ1v) is 9.47. The molecule has 2 aromatic heterocycles. The molecule has 3 heterocycles. The van der Waals surface area contributed by atoms with E-state index in [1.165, 1.54) is 16.9 Å². The number of likely N-dealkylation sites (N-methyl/N-ethyl adjacent to an activating group) is 1. The molecule has 6 nitrogen and oxygen atoms in total. The molecule has 0 aromatic carbocycles. The van der Waals surface area contributed by atoms with Crippen LogP contribution in [-0.4, -0.2) is 58.2 Å². The first-order chi connectivity index (χ1) is 12.0. The van der Waals surface area contributed by atoms with Gasteiger partial charge in [0.15, 0.2) is 0 Å². The lowest BCUT2D eigenvalue weighted by Crippen LogP contribution is -2.45. The van der Waals surface area contributed by atoms with Crippen molar-refractivity contribution in [3.8, 4) is 0 Å². The van der Waals surface area contributed by atoms with Gasteiger partial charge in [0, 0.05) is 30.9 Å². The van der Waals surface area contributed by atoms with Crippen LogP contribution in [-0.2, 0) is 12.8 Å². The van der Waals surface area contributed by atoms with E-state index in [1.807, 2.05) is 11.0 Å². The Balaban J connectivity index is 1.41. The number of aryl methyl sites for hydroxylation is 2. The van der Waals surface area contributed by atoms with E-state index >= 15 is 0 Å². The van der Waals surface area contributed by atoms with Crippen LogP contribution in [0.4, 0.5) is 5.95 Å². The van der Waals surface area contributed by atoms with Crippen molar-refractivity contribution < 1.29 is 9.90 Å². The van der Waals surface area contributed by atoms with Gasteiger partial charge in [-0.05, 0) is 43.4 Å². The fourth-order valence-corrected chi connectivity index (χ4v) is 4.99. The monoisotopic (exact) mass is 358 g/mol. The van der Waals surface area contributed by atoms with Crippen molar-refractivity contribution in [2.45, 2.75) is 31.3 Å². The lowest BCUT2D eigenvalue weighted by Gasteiger charge is -2.28. The van der Waals surface area contributed by atoms with E-state index in [1.54, 1.807) is 41.7 Å². The number of hydrogen-bond donors (Lipinski definition) is 1. The second-order valence-corrected chi connectivity index (χ2v) is 8.16. The number of rotatable bonds is 4. The molecule has 1 aliphatic carbocycles. The lowest BCUT2D eigenvalue weighted by molar-refractivity contribution is 0.0266. The summed E-state index contributed by atoms with van der Waals surface area (Å²) in [4.78, 5) is 27.0. The maximum Gasteiger partial charge on any atom is 0.263 e. The van der Waals surface area contributed by atoms with Crippen LogP contribution in [0.3, 0.4) is 0 Å². The van der Waals surface area contributed by atoms with Crippen LogP contribution in [0.1, 0.15) is 33.0 Å². The van der Waals surface area contributed by atoms with Gasteiger partial charge in [-0.25, -0.2) is 9.97 Å². The van der Waals surface area contributed by atoms with Crippen molar-refractivity contribution in [2.24, 2.45) is 0 Å². The minimum Gasteiger partial charge on any atom is -0.386 e. The summed E-state index contributed by atoms with van der Waals surface area (Å²) < 4.78 is 0. The highest BCUT2D eigenvalue weighted by molar-refractivity contribution is 7.14. The number of amides is 1. The van der Waals surface area contributed by atoms with E-state index in [2.05, 4.69) is 9.97 Å². The Bertz CT molecular complexity index is 757. The van der Waals surface area contributed by atoms with Gasteiger partial charge >= 0.3 is 0 Å². The Morgan fingerprint density at radius 2 is 2.20 bits per heavy atom. The minimum absolute atomic E-state index is 0.00207. The Hall–Kier alpha value is -1.99. The molecule has 7 heteroatoms. The summed E-state index contributed by atoms with van der Waals surface area (Å²) >= 11 is 1.61. The Labute approximate surface area is 151 Å². The molecule has 0 spiro atoms. The summed E-state index contributed by atoms with van der Waals surface area (Å²) in [7, 11) is 1.77. The molecule has 1 N–H and O–H groups in total. The van der Waals surface area contributed by atoms with Gasteiger partial charge in [0.05, 0.1) is 18.0 Å². The zero-order valence-corrected chi connectivity index (χ0v) is 15.1. The Morgan fingerprint density at radius 1 is 1.40 bits per heavy atom. The number of carbonyl (C=O) groups is 1. The zero-order valence-electron chi connectivity index (χ0n) is 14.3. The highest BCUT2D eigenvalue weighted by Crippen LogP contribution is 2.32. The number of nitrogens with zero attached hydrogens (tertiary/aromatic N) is 4. The van der Waals surface area contributed by atoms with Crippen molar-refractivity contribution in [2.75, 3.05) is 31.6 Å². The molecule has 0 saturated carbocycles. The number of fused-ring (bicyclic) bond motifs is 1. The zero-order chi connectivity index (χ0) is 17.4. The smallest absolute Gasteiger partial charge is 0.263 e. The van der Waals surface area contributed by atoms with Crippen LogP contribution in [0.2, 0.25) is 0 Å². The normalized spacial score (nSPS) is 22.2. The van der Waals surface area contributed by atoms with Crippen molar-refractivity contribution in [3.63, 3.8) is 0 Å². The molecule has 4 rings (SSSR count). The summed E-state index contributed by atoms with van der Waals surface area (Å²) in [6.07, 6.45) is 7.37. The van der Waals surface area contributed by atoms with E-state index < -0.39 is 5.60 Å².